The molecule has 1 heterocycles. The van der Waals surface area contributed by atoms with Gasteiger partial charge in [0.2, 0.25) is 5.78 Å². The molecule has 0 spiro atoms. The minimum atomic E-state index is -1.36. The number of esters is 2. The number of hydrogen-bond donors (Lipinski definition) is 2. The van der Waals surface area contributed by atoms with Gasteiger partial charge in [-0.15, -0.1) is 0 Å². The Labute approximate surface area is 273 Å². The Bertz CT molecular complexity index is 1480. The van der Waals surface area contributed by atoms with E-state index in [2.05, 4.69) is 6.58 Å². The Morgan fingerprint density at radius 1 is 1.06 bits per heavy atom. The molecule has 1 fully saturated rings. The summed E-state index contributed by atoms with van der Waals surface area (Å²) in [6, 6.07) is 8.38. The number of benzene rings is 2. The maximum absolute atomic E-state index is 13.8. The summed E-state index contributed by atoms with van der Waals surface area (Å²) in [4.78, 5) is 64.3. The molecule has 13 heteroatoms. The molecule has 1 saturated heterocycles. The summed E-state index contributed by atoms with van der Waals surface area (Å²) >= 11 is 0. The molecular weight excluding hydrogens is 614 g/mol. The average Bonchev–Trinajstić information content (AvgIpc) is 3.07. The number of phenols is 1. The lowest BCUT2D eigenvalue weighted by Crippen LogP contribution is -2.53. The van der Waals surface area contributed by atoms with E-state index in [1.54, 1.807) is 30.3 Å². The van der Waals surface area contributed by atoms with Crippen molar-refractivity contribution >= 4 is 29.6 Å². The van der Waals surface area contributed by atoms with Crippen LogP contribution in [0.3, 0.4) is 0 Å². The minimum absolute atomic E-state index is 0.0600. The molecule has 0 aliphatic carbocycles. The van der Waals surface area contributed by atoms with Crippen molar-refractivity contribution in [2.45, 2.75) is 58.1 Å². The summed E-state index contributed by atoms with van der Waals surface area (Å²) in [5, 5.41) is 19.7. The van der Waals surface area contributed by atoms with Crippen molar-refractivity contribution in [1.29, 1.82) is 0 Å². The summed E-state index contributed by atoms with van der Waals surface area (Å²) in [5.74, 6) is -3.45. The zero-order valence-corrected chi connectivity index (χ0v) is 27.0. The van der Waals surface area contributed by atoms with Gasteiger partial charge in [0.15, 0.2) is 18.1 Å². The standard InChI is InChI=1S/C34H41NO12/c1-6-30(39)46-20-34(2,3)31(40)32(41)35-15-8-7-12-24(35)33(42)47-26(22-10-9-11-23(16-22)45-19-29(37)38)14-13-21-17-27(43-4)28(44-5)18-25(21)36/h6,9-11,16-18,24,26,36H,1,7-8,12-15,19-20H2,2-5H3,(H,37,38)/t24?,26-/m1/s1. The van der Waals surface area contributed by atoms with Gasteiger partial charge < -0.3 is 38.8 Å². The summed E-state index contributed by atoms with van der Waals surface area (Å²) in [6.07, 6.45) is 1.85. The molecule has 47 heavy (non-hydrogen) atoms. The van der Waals surface area contributed by atoms with Crippen LogP contribution in [0.5, 0.6) is 23.0 Å². The Balaban J connectivity index is 1.88. The monoisotopic (exact) mass is 655 g/mol. The van der Waals surface area contributed by atoms with Crippen LogP contribution in [0.1, 0.15) is 56.8 Å². The van der Waals surface area contributed by atoms with E-state index in [4.69, 9.17) is 28.8 Å². The smallest absolute Gasteiger partial charge is 0.341 e. The number of ketones is 1. The number of carboxylic acids is 1. The van der Waals surface area contributed by atoms with Crippen LogP contribution in [0.25, 0.3) is 0 Å². The highest BCUT2D eigenvalue weighted by atomic mass is 16.5. The minimum Gasteiger partial charge on any atom is -0.508 e. The van der Waals surface area contributed by atoms with Gasteiger partial charge in [0.25, 0.3) is 5.91 Å². The van der Waals surface area contributed by atoms with Gasteiger partial charge in [-0.2, -0.15) is 0 Å². The van der Waals surface area contributed by atoms with Gasteiger partial charge in [-0.3, -0.25) is 9.59 Å². The second-order valence-corrected chi connectivity index (χ2v) is 11.6. The maximum Gasteiger partial charge on any atom is 0.341 e. The van der Waals surface area contributed by atoms with Gasteiger partial charge in [0.05, 0.1) is 19.6 Å². The lowest BCUT2D eigenvalue weighted by atomic mass is 9.87. The molecule has 1 unspecified atom stereocenters. The molecule has 1 aliphatic rings. The number of ether oxygens (including phenoxy) is 5. The molecule has 3 rings (SSSR count). The number of aromatic hydroxyl groups is 1. The number of phenolic OH excluding ortho intramolecular Hbond substituents is 1. The van der Waals surface area contributed by atoms with Crippen molar-refractivity contribution < 1.29 is 57.9 Å². The lowest BCUT2D eigenvalue weighted by molar-refractivity contribution is -0.165. The van der Waals surface area contributed by atoms with Crippen LogP contribution in [0.4, 0.5) is 0 Å². The van der Waals surface area contributed by atoms with E-state index in [1.807, 2.05) is 0 Å². The Morgan fingerprint density at radius 2 is 1.77 bits per heavy atom. The van der Waals surface area contributed by atoms with Gasteiger partial charge in [0.1, 0.15) is 30.3 Å². The average molecular weight is 656 g/mol. The Hall–Kier alpha value is -5.07. The second-order valence-electron chi connectivity index (χ2n) is 11.6. The third-order valence-electron chi connectivity index (χ3n) is 7.70. The number of nitrogens with zero attached hydrogens (tertiary/aromatic N) is 1. The fraction of sp³-hybridized carbons (Fsp3) is 0.441. The molecule has 2 N–H and O–H groups in total. The van der Waals surface area contributed by atoms with Crippen molar-refractivity contribution in [2.24, 2.45) is 5.41 Å². The van der Waals surface area contributed by atoms with Crippen LogP contribution < -0.4 is 14.2 Å². The number of carbonyl (C=O) groups is 5. The highest BCUT2D eigenvalue weighted by molar-refractivity contribution is 6.38. The van der Waals surface area contributed by atoms with Gasteiger partial charge >= 0.3 is 17.9 Å². The molecule has 2 aromatic rings. The molecule has 0 aromatic heterocycles. The van der Waals surface area contributed by atoms with Crippen molar-refractivity contribution in [2.75, 3.05) is 34.0 Å². The van der Waals surface area contributed by atoms with E-state index in [0.717, 1.165) is 6.08 Å². The summed E-state index contributed by atoms with van der Waals surface area (Å²) in [6.45, 7) is 5.48. The van der Waals surface area contributed by atoms with Crippen molar-refractivity contribution in [3.63, 3.8) is 0 Å². The third-order valence-corrected chi connectivity index (χ3v) is 7.70. The van der Waals surface area contributed by atoms with E-state index in [-0.39, 0.29) is 43.9 Å². The molecule has 1 aliphatic heterocycles. The first kappa shape index (κ1) is 36.4. The first-order valence-electron chi connectivity index (χ1n) is 15.0. The molecular formula is C34H41NO12. The third kappa shape index (κ3) is 9.71. The maximum atomic E-state index is 13.8. The van der Waals surface area contributed by atoms with Gasteiger partial charge in [-0.05, 0) is 75.3 Å². The number of piperidine rings is 1. The summed E-state index contributed by atoms with van der Waals surface area (Å²) in [5.41, 5.74) is -0.389. The zero-order chi connectivity index (χ0) is 34.7. The molecule has 2 atom stereocenters. The van der Waals surface area contributed by atoms with E-state index in [0.29, 0.717) is 35.5 Å². The van der Waals surface area contributed by atoms with Crippen molar-refractivity contribution in [1.82, 2.24) is 4.90 Å². The normalized spacial score (nSPS) is 15.1. The lowest BCUT2D eigenvalue weighted by Gasteiger charge is -2.36. The Kier molecular flexibility index (Phi) is 12.8. The second kappa shape index (κ2) is 16.5. The molecule has 1 amide bonds. The number of amides is 1. The first-order chi connectivity index (χ1) is 22.3. The number of Topliss-reactive ketones (excluding diaryl/α,β-unsaturated/α-hetero) is 1. The van der Waals surface area contributed by atoms with E-state index >= 15 is 0 Å². The van der Waals surface area contributed by atoms with Crippen LogP contribution >= 0.6 is 0 Å². The van der Waals surface area contributed by atoms with Crippen LogP contribution in [-0.4, -0.2) is 84.7 Å². The molecule has 13 nitrogen and oxygen atoms in total. The highest BCUT2D eigenvalue weighted by Gasteiger charge is 2.42. The topological polar surface area (TPSA) is 175 Å². The Morgan fingerprint density at radius 3 is 2.43 bits per heavy atom. The van der Waals surface area contributed by atoms with Crippen LogP contribution in [0.2, 0.25) is 0 Å². The number of aliphatic carboxylic acids is 1. The molecule has 0 bridgehead atoms. The van der Waals surface area contributed by atoms with Crippen LogP contribution in [-0.2, 0) is 39.9 Å². The van der Waals surface area contributed by atoms with Gasteiger partial charge in [0, 0.05) is 18.7 Å². The van der Waals surface area contributed by atoms with Gasteiger partial charge in [-0.25, -0.2) is 14.4 Å². The number of likely N-dealkylation sites (tertiary alicyclic amines) is 1. The number of carboxylic acid groups (broad SMARTS) is 1. The molecule has 0 radical (unpaired) electrons. The number of rotatable bonds is 16. The number of hydrogen-bond acceptors (Lipinski definition) is 11. The number of carbonyl (C=O) groups excluding carboxylic acids is 4. The van der Waals surface area contributed by atoms with E-state index in [9.17, 15) is 29.1 Å². The van der Waals surface area contributed by atoms with Crippen molar-refractivity contribution in [3.05, 3.63) is 60.2 Å². The fourth-order valence-electron chi connectivity index (χ4n) is 5.07. The fourth-order valence-corrected chi connectivity index (χ4v) is 5.07. The van der Waals surface area contributed by atoms with Crippen LogP contribution in [0, 0.1) is 5.41 Å². The molecule has 254 valence electrons. The molecule has 2 aromatic carbocycles. The number of aryl methyl sites for hydroxylation is 1. The summed E-state index contributed by atoms with van der Waals surface area (Å²) < 4.78 is 27.0. The predicted octanol–water partition coefficient (Wildman–Crippen LogP) is 3.80. The largest absolute Gasteiger partial charge is 0.508 e. The quantitative estimate of drug-likeness (QED) is 0.152. The SMILES string of the molecule is C=CC(=O)OCC(C)(C)C(=O)C(=O)N1CCCCC1C(=O)O[C@H](CCc1cc(OC)c(OC)cc1O)c1cccc(OCC(=O)O)c1. The predicted molar refractivity (Wildman–Crippen MR) is 167 cm³/mol. The van der Waals surface area contributed by atoms with E-state index in [1.165, 1.54) is 39.0 Å². The molecule has 0 saturated carbocycles. The number of methoxy groups -OCH3 is 2. The zero-order valence-electron chi connectivity index (χ0n) is 27.0. The summed E-state index contributed by atoms with van der Waals surface area (Å²) in [7, 11) is 2.90. The first-order valence-corrected chi connectivity index (χ1v) is 15.0. The van der Waals surface area contributed by atoms with Crippen molar-refractivity contribution in [3.8, 4) is 23.0 Å². The van der Waals surface area contributed by atoms with E-state index < -0.39 is 53.8 Å². The highest BCUT2D eigenvalue weighted by Crippen LogP contribution is 2.36. The van der Waals surface area contributed by atoms with Gasteiger partial charge in [-0.1, -0.05) is 18.7 Å². The van der Waals surface area contributed by atoms with Crippen LogP contribution in [0.15, 0.2) is 49.1 Å².